The molecule has 0 N–H and O–H groups in total. The van der Waals surface area contributed by atoms with Crippen molar-refractivity contribution in [1.82, 2.24) is 9.78 Å². The Bertz CT molecular complexity index is 667. The molecule has 6 nitrogen and oxygen atoms in total. The molecule has 92 valence electrons. The highest BCUT2D eigenvalue weighted by molar-refractivity contribution is 9.13. The van der Waals surface area contributed by atoms with Crippen LogP contribution in [-0.4, -0.2) is 14.7 Å². The molecule has 0 aliphatic rings. The summed E-state index contributed by atoms with van der Waals surface area (Å²) in [7, 11) is 0. The Hall–Kier alpha value is -1.54. The summed E-state index contributed by atoms with van der Waals surface area (Å²) >= 11 is 6.31. The van der Waals surface area contributed by atoms with Gasteiger partial charge >= 0.3 is 0 Å². The second-order valence-corrected chi connectivity index (χ2v) is 4.94. The van der Waals surface area contributed by atoms with E-state index < -0.39 is 4.92 Å². The van der Waals surface area contributed by atoms with Crippen molar-refractivity contribution in [2.45, 2.75) is 0 Å². The summed E-state index contributed by atoms with van der Waals surface area (Å²) in [5, 5.41) is 14.5. The van der Waals surface area contributed by atoms with Gasteiger partial charge in [0, 0.05) is 12.1 Å². The molecule has 2 rings (SSSR count). The largest absolute Gasteiger partial charge is 0.286 e. The zero-order valence-corrected chi connectivity index (χ0v) is 11.9. The maximum atomic E-state index is 11.9. The quantitative estimate of drug-likeness (QED) is 0.598. The van der Waals surface area contributed by atoms with Gasteiger partial charge in [-0.15, -0.1) is 0 Å². The highest BCUT2D eigenvalue weighted by atomic mass is 79.9. The van der Waals surface area contributed by atoms with Gasteiger partial charge in [-0.3, -0.25) is 14.9 Å². The number of nitro benzene ring substituents is 1. The van der Waals surface area contributed by atoms with Crippen molar-refractivity contribution >= 4 is 37.5 Å². The summed E-state index contributed by atoms with van der Waals surface area (Å²) in [6.45, 7) is 0. The van der Waals surface area contributed by atoms with Crippen LogP contribution in [0.2, 0.25) is 0 Å². The van der Waals surface area contributed by atoms with Gasteiger partial charge < -0.3 is 0 Å². The van der Waals surface area contributed by atoms with Crippen molar-refractivity contribution < 1.29 is 4.92 Å². The van der Waals surface area contributed by atoms with Gasteiger partial charge in [-0.25, -0.2) is 0 Å². The summed E-state index contributed by atoms with van der Waals surface area (Å²) in [4.78, 5) is 21.9. The predicted molar refractivity (Wildman–Crippen MR) is 71.9 cm³/mol. The molecule has 0 radical (unpaired) electrons. The standard InChI is InChI=1S/C10H5Br2N3O3/c11-8-5-13-14(10(16)9(8)12)6-1-3-7(4-2-6)15(17)18/h1-5H. The Morgan fingerprint density at radius 1 is 1.22 bits per heavy atom. The Morgan fingerprint density at radius 2 is 1.83 bits per heavy atom. The van der Waals surface area contributed by atoms with Crippen LogP contribution >= 0.6 is 31.9 Å². The van der Waals surface area contributed by atoms with Crippen molar-refractivity contribution in [3.63, 3.8) is 0 Å². The number of non-ortho nitro benzene ring substituents is 1. The molecule has 1 aromatic carbocycles. The first kappa shape index (κ1) is 12.9. The van der Waals surface area contributed by atoms with E-state index in [9.17, 15) is 14.9 Å². The highest BCUT2D eigenvalue weighted by Crippen LogP contribution is 2.18. The molecule has 0 aliphatic carbocycles. The van der Waals surface area contributed by atoms with E-state index in [1.165, 1.54) is 30.5 Å². The smallest absolute Gasteiger partial charge is 0.266 e. The molecule has 2 aromatic rings. The lowest BCUT2D eigenvalue weighted by atomic mass is 10.3. The third-order valence-corrected chi connectivity index (χ3v) is 4.08. The molecule has 1 aromatic heterocycles. The number of nitrogens with zero attached hydrogens (tertiary/aromatic N) is 3. The summed E-state index contributed by atoms with van der Waals surface area (Å²) in [6, 6.07) is 5.57. The minimum atomic E-state index is -0.502. The van der Waals surface area contributed by atoms with E-state index in [-0.39, 0.29) is 11.2 Å². The Balaban J connectivity index is 2.53. The van der Waals surface area contributed by atoms with Crippen molar-refractivity contribution in [3.05, 3.63) is 59.9 Å². The van der Waals surface area contributed by atoms with Gasteiger partial charge in [0.1, 0.15) is 4.47 Å². The fourth-order valence-electron chi connectivity index (χ4n) is 1.31. The zero-order chi connectivity index (χ0) is 13.3. The Labute approximate surface area is 118 Å². The van der Waals surface area contributed by atoms with Crippen molar-refractivity contribution in [2.24, 2.45) is 0 Å². The first-order valence-electron chi connectivity index (χ1n) is 4.69. The van der Waals surface area contributed by atoms with Gasteiger partial charge in [0.25, 0.3) is 11.2 Å². The molecular weight excluding hydrogens is 370 g/mol. The van der Waals surface area contributed by atoms with E-state index in [4.69, 9.17) is 0 Å². The molecule has 0 amide bonds. The van der Waals surface area contributed by atoms with Crippen LogP contribution in [0.3, 0.4) is 0 Å². The van der Waals surface area contributed by atoms with Crippen molar-refractivity contribution in [2.75, 3.05) is 0 Å². The lowest BCUT2D eigenvalue weighted by Crippen LogP contribution is -2.21. The van der Waals surface area contributed by atoms with Gasteiger partial charge in [-0.2, -0.15) is 9.78 Å². The predicted octanol–water partition coefficient (Wildman–Crippen LogP) is 2.67. The van der Waals surface area contributed by atoms with E-state index in [2.05, 4.69) is 37.0 Å². The molecule has 0 aliphatic heterocycles. The van der Waals surface area contributed by atoms with Gasteiger partial charge in [0.15, 0.2) is 0 Å². The molecular formula is C10H5Br2N3O3. The molecule has 0 saturated heterocycles. The fourth-order valence-corrected chi connectivity index (χ4v) is 1.84. The molecule has 0 bridgehead atoms. The lowest BCUT2D eigenvalue weighted by molar-refractivity contribution is -0.384. The topological polar surface area (TPSA) is 78.0 Å². The van der Waals surface area contributed by atoms with Crippen LogP contribution in [-0.2, 0) is 0 Å². The van der Waals surface area contributed by atoms with Gasteiger partial charge in [0.2, 0.25) is 0 Å². The molecule has 0 atom stereocenters. The van der Waals surface area contributed by atoms with Crippen LogP contribution in [0.15, 0.2) is 44.2 Å². The van der Waals surface area contributed by atoms with Crippen molar-refractivity contribution in [3.8, 4) is 5.69 Å². The van der Waals surface area contributed by atoms with E-state index in [1.54, 1.807) is 0 Å². The Kier molecular flexibility index (Phi) is 3.58. The maximum Gasteiger partial charge on any atom is 0.286 e. The number of halogens is 2. The fraction of sp³-hybridized carbons (Fsp3) is 0. The molecule has 0 unspecified atom stereocenters. The minimum Gasteiger partial charge on any atom is -0.266 e. The van der Waals surface area contributed by atoms with Crippen LogP contribution < -0.4 is 5.56 Å². The van der Waals surface area contributed by atoms with E-state index in [0.717, 1.165) is 4.68 Å². The summed E-state index contributed by atoms with van der Waals surface area (Å²) < 4.78 is 2.04. The second-order valence-electron chi connectivity index (χ2n) is 3.30. The zero-order valence-electron chi connectivity index (χ0n) is 8.71. The Morgan fingerprint density at radius 3 is 2.39 bits per heavy atom. The summed E-state index contributed by atoms with van der Waals surface area (Å²) in [5.41, 5.74) is 0.0694. The molecule has 0 spiro atoms. The number of hydrogen-bond acceptors (Lipinski definition) is 4. The lowest BCUT2D eigenvalue weighted by Gasteiger charge is -2.05. The van der Waals surface area contributed by atoms with Crippen LogP contribution in [0.25, 0.3) is 5.69 Å². The monoisotopic (exact) mass is 373 g/mol. The molecule has 0 fully saturated rings. The van der Waals surface area contributed by atoms with Gasteiger partial charge in [-0.05, 0) is 44.0 Å². The van der Waals surface area contributed by atoms with E-state index in [1.807, 2.05) is 0 Å². The van der Waals surface area contributed by atoms with Crippen molar-refractivity contribution in [1.29, 1.82) is 0 Å². The first-order chi connectivity index (χ1) is 8.50. The van der Waals surface area contributed by atoms with Gasteiger partial charge in [0.05, 0.1) is 21.3 Å². The highest BCUT2D eigenvalue weighted by Gasteiger charge is 2.10. The SMILES string of the molecule is O=c1c(Br)c(Br)cnn1-c1ccc([N+](=O)[O-])cc1. The van der Waals surface area contributed by atoms with E-state index >= 15 is 0 Å². The first-order valence-corrected chi connectivity index (χ1v) is 6.27. The summed E-state index contributed by atoms with van der Waals surface area (Å²) in [5.74, 6) is 0. The minimum absolute atomic E-state index is 0.0389. The summed E-state index contributed by atoms with van der Waals surface area (Å²) in [6.07, 6.45) is 1.47. The van der Waals surface area contributed by atoms with Crippen LogP contribution in [0, 0.1) is 10.1 Å². The molecule has 8 heteroatoms. The maximum absolute atomic E-state index is 11.9. The number of rotatable bonds is 2. The number of hydrogen-bond donors (Lipinski definition) is 0. The van der Waals surface area contributed by atoms with E-state index in [0.29, 0.717) is 14.6 Å². The normalized spacial score (nSPS) is 10.3. The third kappa shape index (κ3) is 2.34. The number of aromatic nitrogens is 2. The third-order valence-electron chi connectivity index (χ3n) is 2.18. The van der Waals surface area contributed by atoms with Crippen LogP contribution in [0.5, 0.6) is 0 Å². The second kappa shape index (κ2) is 4.99. The van der Waals surface area contributed by atoms with Gasteiger partial charge in [-0.1, -0.05) is 0 Å². The molecule has 18 heavy (non-hydrogen) atoms. The van der Waals surface area contributed by atoms with Crippen LogP contribution in [0.4, 0.5) is 5.69 Å². The molecule has 1 heterocycles. The number of nitro groups is 1. The molecule has 0 saturated carbocycles. The van der Waals surface area contributed by atoms with Crippen LogP contribution in [0.1, 0.15) is 0 Å². The number of benzene rings is 1. The average Bonchev–Trinajstić information content (AvgIpc) is 2.36. The average molecular weight is 375 g/mol.